The van der Waals surface area contributed by atoms with Gasteiger partial charge in [0, 0.05) is 25.8 Å². The minimum Gasteiger partial charge on any atom is -0.389 e. The minimum atomic E-state index is -0.657. The molecule has 2 N–H and O–H groups in total. The van der Waals surface area contributed by atoms with E-state index >= 15 is 0 Å². The second-order valence-electron chi connectivity index (χ2n) is 5.48. The molecule has 2 atom stereocenters. The van der Waals surface area contributed by atoms with E-state index in [1.807, 2.05) is 23.1 Å². The SMILES string of the molecule is C=CCOCC(O)CN(Cc1ccccn1)CC(O)COCC=C. The Morgan fingerprint density at radius 3 is 2.08 bits per heavy atom. The Balaban J connectivity index is 2.54. The molecule has 1 aromatic rings. The number of rotatable bonds is 14. The number of pyridine rings is 1. The number of nitrogens with zero attached hydrogens (tertiary/aromatic N) is 2. The summed E-state index contributed by atoms with van der Waals surface area (Å²) in [5.41, 5.74) is 0.871. The number of ether oxygens (including phenoxy) is 2. The molecule has 6 heteroatoms. The highest BCUT2D eigenvalue weighted by molar-refractivity contribution is 5.03. The smallest absolute Gasteiger partial charge is 0.0900 e. The summed E-state index contributed by atoms with van der Waals surface area (Å²) in [6.07, 6.45) is 3.68. The van der Waals surface area contributed by atoms with Crippen molar-refractivity contribution in [3.05, 3.63) is 55.4 Å². The van der Waals surface area contributed by atoms with Gasteiger partial charge in [-0.25, -0.2) is 0 Å². The fourth-order valence-corrected chi connectivity index (χ4v) is 2.20. The highest BCUT2D eigenvalue weighted by atomic mass is 16.5. The molecule has 0 aliphatic rings. The maximum absolute atomic E-state index is 10.1. The van der Waals surface area contributed by atoms with Gasteiger partial charge in [0.2, 0.25) is 0 Å². The van der Waals surface area contributed by atoms with Crippen LogP contribution in [0.3, 0.4) is 0 Å². The number of aromatic nitrogens is 1. The van der Waals surface area contributed by atoms with Crippen molar-refractivity contribution in [2.75, 3.05) is 39.5 Å². The van der Waals surface area contributed by atoms with Crippen molar-refractivity contribution in [2.45, 2.75) is 18.8 Å². The lowest BCUT2D eigenvalue weighted by atomic mass is 10.2. The third-order valence-corrected chi connectivity index (χ3v) is 3.14. The topological polar surface area (TPSA) is 75.1 Å². The van der Waals surface area contributed by atoms with Crippen LogP contribution in [0.1, 0.15) is 5.69 Å². The predicted octanol–water partition coefficient (Wildman–Crippen LogP) is 1.01. The monoisotopic (exact) mass is 336 g/mol. The Labute approximate surface area is 144 Å². The van der Waals surface area contributed by atoms with E-state index in [2.05, 4.69) is 18.1 Å². The van der Waals surface area contributed by atoms with Crippen LogP contribution in [0.5, 0.6) is 0 Å². The van der Waals surface area contributed by atoms with Gasteiger partial charge in [-0.2, -0.15) is 0 Å². The lowest BCUT2D eigenvalue weighted by Crippen LogP contribution is -2.40. The Morgan fingerprint density at radius 1 is 1.04 bits per heavy atom. The second-order valence-corrected chi connectivity index (χ2v) is 5.48. The Kier molecular flexibility index (Phi) is 10.9. The number of aliphatic hydroxyl groups is 2. The van der Waals surface area contributed by atoms with E-state index in [4.69, 9.17) is 9.47 Å². The van der Waals surface area contributed by atoms with Crippen molar-refractivity contribution < 1.29 is 19.7 Å². The van der Waals surface area contributed by atoms with Crippen LogP contribution in [-0.2, 0) is 16.0 Å². The van der Waals surface area contributed by atoms with Crippen molar-refractivity contribution in [1.82, 2.24) is 9.88 Å². The molecule has 0 spiro atoms. The lowest BCUT2D eigenvalue weighted by molar-refractivity contribution is -0.00514. The average molecular weight is 336 g/mol. The second kappa shape index (κ2) is 12.8. The highest BCUT2D eigenvalue weighted by Gasteiger charge is 2.17. The van der Waals surface area contributed by atoms with Gasteiger partial charge in [0.05, 0.1) is 44.3 Å². The molecule has 134 valence electrons. The van der Waals surface area contributed by atoms with Gasteiger partial charge in [-0.1, -0.05) is 18.2 Å². The van der Waals surface area contributed by atoms with Crippen molar-refractivity contribution in [3.8, 4) is 0 Å². The van der Waals surface area contributed by atoms with Crippen LogP contribution in [0.4, 0.5) is 0 Å². The number of hydrogen-bond acceptors (Lipinski definition) is 6. The summed E-state index contributed by atoms with van der Waals surface area (Å²) in [5, 5.41) is 20.2. The molecular weight excluding hydrogens is 308 g/mol. The van der Waals surface area contributed by atoms with E-state index < -0.39 is 12.2 Å². The zero-order valence-corrected chi connectivity index (χ0v) is 14.1. The lowest BCUT2D eigenvalue weighted by Gasteiger charge is -2.27. The van der Waals surface area contributed by atoms with E-state index in [1.165, 1.54) is 0 Å². The van der Waals surface area contributed by atoms with Gasteiger partial charge >= 0.3 is 0 Å². The molecule has 1 heterocycles. The van der Waals surface area contributed by atoms with Gasteiger partial charge in [-0.3, -0.25) is 9.88 Å². The first-order chi connectivity index (χ1) is 11.7. The highest BCUT2D eigenvalue weighted by Crippen LogP contribution is 2.05. The first-order valence-corrected chi connectivity index (χ1v) is 8.01. The van der Waals surface area contributed by atoms with Crippen molar-refractivity contribution in [2.24, 2.45) is 0 Å². The van der Waals surface area contributed by atoms with E-state index in [0.29, 0.717) is 32.8 Å². The zero-order valence-electron chi connectivity index (χ0n) is 14.1. The molecule has 0 saturated carbocycles. The molecule has 2 unspecified atom stereocenters. The summed E-state index contributed by atoms with van der Waals surface area (Å²) < 4.78 is 10.5. The van der Waals surface area contributed by atoms with Gasteiger partial charge in [-0.05, 0) is 12.1 Å². The molecule has 0 radical (unpaired) electrons. The number of aliphatic hydroxyl groups excluding tert-OH is 2. The Bertz CT molecular complexity index is 434. The average Bonchev–Trinajstić information content (AvgIpc) is 2.56. The fourth-order valence-electron chi connectivity index (χ4n) is 2.20. The molecule has 0 fully saturated rings. The van der Waals surface area contributed by atoms with E-state index in [1.54, 1.807) is 18.3 Å². The molecule has 1 aromatic heterocycles. The van der Waals surface area contributed by atoms with E-state index in [-0.39, 0.29) is 13.2 Å². The Hall–Kier alpha value is -1.57. The standard InChI is InChI=1S/C18H28N2O4/c1-3-9-23-14-17(21)12-20(11-16-7-5-6-8-19-16)13-18(22)15-24-10-4-2/h3-8,17-18,21-22H,1-2,9-15H2. The molecule has 0 aromatic carbocycles. The summed E-state index contributed by atoms with van der Waals surface area (Å²) >= 11 is 0. The minimum absolute atomic E-state index is 0.216. The summed E-state index contributed by atoms with van der Waals surface area (Å²) in [5.74, 6) is 0. The largest absolute Gasteiger partial charge is 0.389 e. The summed E-state index contributed by atoms with van der Waals surface area (Å²) in [6, 6.07) is 5.67. The maximum Gasteiger partial charge on any atom is 0.0900 e. The summed E-state index contributed by atoms with van der Waals surface area (Å²) in [4.78, 5) is 6.23. The maximum atomic E-state index is 10.1. The molecule has 0 aliphatic carbocycles. The molecule has 0 saturated heterocycles. The van der Waals surface area contributed by atoms with Crippen LogP contribution in [0, 0.1) is 0 Å². The first-order valence-electron chi connectivity index (χ1n) is 8.01. The van der Waals surface area contributed by atoms with Crippen LogP contribution < -0.4 is 0 Å². The first kappa shape index (κ1) is 20.5. The molecule has 0 aliphatic heterocycles. The Morgan fingerprint density at radius 2 is 1.62 bits per heavy atom. The molecule has 0 bridgehead atoms. The molecule has 6 nitrogen and oxygen atoms in total. The molecular formula is C18H28N2O4. The van der Waals surface area contributed by atoms with Crippen molar-refractivity contribution in [1.29, 1.82) is 0 Å². The van der Waals surface area contributed by atoms with Crippen LogP contribution in [0.15, 0.2) is 49.7 Å². The predicted molar refractivity (Wildman–Crippen MR) is 93.6 cm³/mol. The van der Waals surface area contributed by atoms with E-state index in [0.717, 1.165) is 5.69 Å². The number of hydrogen-bond donors (Lipinski definition) is 2. The van der Waals surface area contributed by atoms with Crippen LogP contribution >= 0.6 is 0 Å². The third kappa shape index (κ3) is 9.54. The van der Waals surface area contributed by atoms with Crippen molar-refractivity contribution >= 4 is 0 Å². The molecule has 1 rings (SSSR count). The van der Waals surface area contributed by atoms with Gasteiger partial charge in [0.1, 0.15) is 0 Å². The van der Waals surface area contributed by atoms with Crippen LogP contribution in [0.25, 0.3) is 0 Å². The van der Waals surface area contributed by atoms with Gasteiger partial charge in [0.15, 0.2) is 0 Å². The fraction of sp³-hybridized carbons (Fsp3) is 0.500. The van der Waals surface area contributed by atoms with Gasteiger partial charge in [0.25, 0.3) is 0 Å². The van der Waals surface area contributed by atoms with Gasteiger partial charge < -0.3 is 19.7 Å². The summed E-state index contributed by atoms with van der Waals surface area (Å²) in [7, 11) is 0. The third-order valence-electron chi connectivity index (χ3n) is 3.14. The van der Waals surface area contributed by atoms with Crippen LogP contribution in [-0.4, -0.2) is 71.8 Å². The quantitative estimate of drug-likeness (QED) is 0.390. The van der Waals surface area contributed by atoms with E-state index in [9.17, 15) is 10.2 Å². The van der Waals surface area contributed by atoms with Crippen molar-refractivity contribution in [3.63, 3.8) is 0 Å². The normalized spacial score (nSPS) is 13.6. The zero-order chi connectivity index (χ0) is 17.6. The van der Waals surface area contributed by atoms with Gasteiger partial charge in [-0.15, -0.1) is 13.2 Å². The molecule has 0 amide bonds. The summed E-state index contributed by atoms with van der Waals surface area (Å²) in [6.45, 7) is 9.63. The molecule has 24 heavy (non-hydrogen) atoms. The van der Waals surface area contributed by atoms with Crippen LogP contribution in [0.2, 0.25) is 0 Å².